The molecule has 2 aromatic heterocycles. The fourth-order valence-electron chi connectivity index (χ4n) is 4.45. The molecule has 0 radical (unpaired) electrons. The molecule has 4 heterocycles. The van der Waals surface area contributed by atoms with Crippen LogP contribution in [0.1, 0.15) is 30.0 Å². The molecule has 31 heavy (non-hydrogen) atoms. The third-order valence-corrected chi connectivity index (χ3v) is 5.94. The Morgan fingerprint density at radius 2 is 2.10 bits per heavy atom. The van der Waals surface area contributed by atoms with E-state index in [1.807, 2.05) is 0 Å². The van der Waals surface area contributed by atoms with Crippen LogP contribution in [0.3, 0.4) is 0 Å². The summed E-state index contributed by atoms with van der Waals surface area (Å²) in [5, 5.41) is 23.8. The zero-order valence-electron chi connectivity index (χ0n) is 16.2. The number of benzene rings is 1. The van der Waals surface area contributed by atoms with Gasteiger partial charge in [0.1, 0.15) is 12.3 Å². The Morgan fingerprint density at radius 1 is 1.35 bits per heavy atom. The Bertz CT molecular complexity index is 1450. The van der Waals surface area contributed by atoms with Crippen LogP contribution in [0.15, 0.2) is 29.1 Å². The van der Waals surface area contributed by atoms with Gasteiger partial charge >= 0.3 is 11.7 Å². The lowest BCUT2D eigenvalue weighted by Gasteiger charge is -2.31. The first kappa shape index (κ1) is 18.9. The molecule has 0 bridgehead atoms. The van der Waals surface area contributed by atoms with Crippen molar-refractivity contribution in [1.29, 1.82) is 0 Å². The van der Waals surface area contributed by atoms with Crippen LogP contribution in [0.25, 0.3) is 27.1 Å². The van der Waals surface area contributed by atoms with Crippen LogP contribution in [0.5, 0.6) is 0 Å². The van der Waals surface area contributed by atoms with E-state index in [1.165, 1.54) is 11.5 Å². The first-order valence-corrected chi connectivity index (χ1v) is 9.47. The second-order valence-electron chi connectivity index (χ2n) is 7.41. The van der Waals surface area contributed by atoms with Crippen LogP contribution in [-0.4, -0.2) is 25.6 Å². The van der Waals surface area contributed by atoms with Gasteiger partial charge in [-0.15, -0.1) is 0 Å². The first-order chi connectivity index (χ1) is 14.8. The number of hydrogen-bond acceptors (Lipinski definition) is 7. The zero-order valence-corrected chi connectivity index (χ0v) is 16.2. The molecule has 5 rings (SSSR count). The van der Waals surface area contributed by atoms with Gasteiger partial charge in [-0.25, -0.2) is 14.6 Å². The Morgan fingerprint density at radius 3 is 2.77 bits per heavy atom. The van der Waals surface area contributed by atoms with Crippen molar-refractivity contribution < 1.29 is 19.6 Å². The maximum absolute atomic E-state index is 13.3. The van der Waals surface area contributed by atoms with E-state index in [0.717, 1.165) is 0 Å². The molecule has 154 valence electrons. The van der Waals surface area contributed by atoms with Gasteiger partial charge in [-0.05, 0) is 12.5 Å². The van der Waals surface area contributed by atoms with Gasteiger partial charge in [0.25, 0.3) is 5.56 Å². The van der Waals surface area contributed by atoms with E-state index in [1.54, 1.807) is 24.3 Å². The molecule has 0 amide bonds. The number of ether oxygens (including phenoxy) is 1. The first-order valence-electron chi connectivity index (χ1n) is 9.47. The fraction of sp³-hybridized carbons (Fsp3) is 0.238. The van der Waals surface area contributed by atoms with Crippen LogP contribution in [0.4, 0.5) is 11.4 Å². The molecule has 3 aromatic rings. The van der Waals surface area contributed by atoms with E-state index in [4.69, 9.17) is 11.3 Å². The van der Waals surface area contributed by atoms with Crippen LogP contribution in [-0.2, 0) is 28.3 Å². The topological polar surface area (TPSA) is 129 Å². The molecule has 0 aliphatic carbocycles. The van der Waals surface area contributed by atoms with Crippen LogP contribution >= 0.6 is 0 Å². The summed E-state index contributed by atoms with van der Waals surface area (Å²) >= 11 is 0. The van der Waals surface area contributed by atoms with Gasteiger partial charge in [-0.1, -0.05) is 25.1 Å². The number of carbonyl (C=O) groups is 1. The predicted octanol–water partition coefficient (Wildman–Crippen LogP) is 2.54. The van der Waals surface area contributed by atoms with Crippen LogP contribution in [0, 0.1) is 16.7 Å². The molecule has 0 spiro atoms. The van der Waals surface area contributed by atoms with E-state index in [0.29, 0.717) is 16.5 Å². The quantitative estimate of drug-likeness (QED) is 0.229. The number of fused-ring (bicyclic) bond motifs is 5. The van der Waals surface area contributed by atoms with Crippen molar-refractivity contribution in [2.24, 2.45) is 0 Å². The minimum atomic E-state index is -2.33. The van der Waals surface area contributed by atoms with Crippen molar-refractivity contribution in [3.05, 3.63) is 72.8 Å². The summed E-state index contributed by atoms with van der Waals surface area (Å²) in [5.41, 5.74) is -2.87. The number of hydrogen-bond donors (Lipinski definition) is 1. The van der Waals surface area contributed by atoms with Crippen LogP contribution < -0.4 is 5.56 Å². The Kier molecular flexibility index (Phi) is 3.78. The smallest absolute Gasteiger partial charge is 0.343 e. The van der Waals surface area contributed by atoms with Gasteiger partial charge in [0.05, 0.1) is 33.8 Å². The van der Waals surface area contributed by atoms with Gasteiger partial charge in [0.2, 0.25) is 5.69 Å². The Labute approximate surface area is 174 Å². The van der Waals surface area contributed by atoms with E-state index in [9.17, 15) is 24.8 Å². The van der Waals surface area contributed by atoms with Gasteiger partial charge in [0.15, 0.2) is 5.60 Å². The number of carbonyl (C=O) groups excluding carboxylic acids is 1. The SMILES string of the molecule is [C-]#[N+]c1c2c(nc3ccccc13)-c1c([N+](=O)[O-])c3c(c(=O)n1C2)COC(=O)[C@]3(O)CC. The van der Waals surface area contributed by atoms with E-state index < -0.39 is 34.3 Å². The number of esters is 1. The number of aliphatic hydroxyl groups is 1. The average molecular weight is 418 g/mol. The van der Waals surface area contributed by atoms with Crippen LogP contribution in [0.2, 0.25) is 0 Å². The normalized spacial score (nSPS) is 18.7. The van der Waals surface area contributed by atoms with Crippen molar-refractivity contribution in [2.75, 3.05) is 0 Å². The average Bonchev–Trinajstić information content (AvgIpc) is 3.14. The zero-order chi connectivity index (χ0) is 22.1. The van der Waals surface area contributed by atoms with Crippen molar-refractivity contribution >= 4 is 28.2 Å². The summed E-state index contributed by atoms with van der Waals surface area (Å²) in [4.78, 5) is 45.3. The molecule has 1 aromatic carbocycles. The molecule has 10 heteroatoms. The molecule has 0 unspecified atom stereocenters. The lowest BCUT2D eigenvalue weighted by Crippen LogP contribution is -2.45. The number of aromatic nitrogens is 2. The summed E-state index contributed by atoms with van der Waals surface area (Å²) in [6.07, 6.45) is -0.214. The van der Waals surface area contributed by atoms with Gasteiger partial charge in [0, 0.05) is 17.5 Å². The number of nitro groups is 1. The number of cyclic esters (lactones) is 1. The minimum absolute atomic E-state index is 0.0777. The highest BCUT2D eigenvalue weighted by atomic mass is 16.6. The summed E-state index contributed by atoms with van der Waals surface area (Å²) in [7, 11) is 0. The molecule has 0 saturated carbocycles. The molecular formula is C21H14N4O6. The highest BCUT2D eigenvalue weighted by Crippen LogP contribution is 2.48. The number of pyridine rings is 2. The van der Waals surface area contributed by atoms with Crippen molar-refractivity contribution in [3.8, 4) is 11.4 Å². The molecule has 2 aliphatic heterocycles. The third-order valence-electron chi connectivity index (χ3n) is 5.94. The summed E-state index contributed by atoms with van der Waals surface area (Å²) < 4.78 is 6.16. The number of rotatable bonds is 2. The van der Waals surface area contributed by atoms with Gasteiger partial charge in [-0.3, -0.25) is 19.5 Å². The standard InChI is InChI=1S/C21H14N4O6/c1-3-21(28)14-12(9-31-20(21)27)19(26)24-8-11-15(22-2)10-6-4-5-7-13(10)23-16(11)18(24)17(14)25(29)30/h4-7,28H,3,8-9H2,1H3/t21-/m0/s1. The molecular weight excluding hydrogens is 404 g/mol. The molecule has 2 aliphatic rings. The maximum Gasteiger partial charge on any atom is 0.343 e. The van der Waals surface area contributed by atoms with Gasteiger partial charge < -0.3 is 9.84 Å². The second kappa shape index (κ2) is 6.20. The molecule has 1 atom stereocenters. The van der Waals surface area contributed by atoms with E-state index in [2.05, 4.69) is 9.83 Å². The Hall–Kier alpha value is -4.10. The highest BCUT2D eigenvalue weighted by molar-refractivity contribution is 5.99. The number of nitrogens with zero attached hydrogens (tertiary/aromatic N) is 4. The van der Waals surface area contributed by atoms with Crippen molar-refractivity contribution in [2.45, 2.75) is 32.1 Å². The van der Waals surface area contributed by atoms with Crippen molar-refractivity contribution in [1.82, 2.24) is 9.55 Å². The molecule has 10 nitrogen and oxygen atoms in total. The van der Waals surface area contributed by atoms with E-state index in [-0.39, 0.29) is 41.2 Å². The highest BCUT2D eigenvalue weighted by Gasteiger charge is 2.51. The molecule has 0 fully saturated rings. The van der Waals surface area contributed by atoms with Crippen molar-refractivity contribution in [3.63, 3.8) is 0 Å². The fourth-order valence-corrected chi connectivity index (χ4v) is 4.45. The summed E-state index contributed by atoms with van der Waals surface area (Å²) in [5.74, 6) is -1.04. The second-order valence-corrected chi connectivity index (χ2v) is 7.41. The minimum Gasteiger partial charge on any atom is -0.458 e. The molecule has 0 saturated heterocycles. The third kappa shape index (κ3) is 2.26. The summed E-state index contributed by atoms with van der Waals surface area (Å²) in [6.45, 7) is 8.57. The lowest BCUT2D eigenvalue weighted by molar-refractivity contribution is -0.386. The largest absolute Gasteiger partial charge is 0.458 e. The monoisotopic (exact) mass is 418 g/mol. The maximum atomic E-state index is 13.3. The Balaban J connectivity index is 1.98. The summed E-state index contributed by atoms with van der Waals surface area (Å²) in [6, 6.07) is 6.88. The molecule has 1 N–H and O–H groups in total. The van der Waals surface area contributed by atoms with Gasteiger partial charge in [-0.2, -0.15) is 0 Å². The van der Waals surface area contributed by atoms with E-state index >= 15 is 0 Å². The predicted molar refractivity (Wildman–Crippen MR) is 107 cm³/mol. The lowest BCUT2D eigenvalue weighted by atomic mass is 9.84. The number of para-hydroxylation sites is 1.